The molecular formula is C8H15N3O3. The smallest absolute Gasteiger partial charge is 0.404 e. The minimum absolute atomic E-state index is 0.0349. The van der Waals surface area contributed by atoms with Crippen molar-refractivity contribution in [1.29, 1.82) is 5.41 Å². The molecule has 0 aliphatic heterocycles. The standard InChI is InChI=1S/C8H15N3O3/c9-7(11-13)5-1-3-6(4-2-5)14-8(10)12/h5-6,13H,1-4H2,(H2,9,11)(H2,10,12). The SMILES string of the molecule is N=C(NO)C1CCC(OC(N)=O)CC1. The molecule has 1 fully saturated rings. The van der Waals surface area contributed by atoms with E-state index in [1.54, 1.807) is 0 Å². The molecule has 0 unspecified atom stereocenters. The molecule has 0 spiro atoms. The normalized spacial score (nSPS) is 26.6. The zero-order valence-corrected chi connectivity index (χ0v) is 7.82. The summed E-state index contributed by atoms with van der Waals surface area (Å²) in [6.45, 7) is 0. The molecule has 0 aromatic carbocycles. The summed E-state index contributed by atoms with van der Waals surface area (Å²) < 4.78 is 4.84. The van der Waals surface area contributed by atoms with Gasteiger partial charge in [-0.15, -0.1) is 0 Å². The summed E-state index contributed by atoms with van der Waals surface area (Å²) in [4.78, 5) is 10.4. The van der Waals surface area contributed by atoms with Gasteiger partial charge in [0.15, 0.2) is 0 Å². The Morgan fingerprint density at radius 2 is 2.00 bits per heavy atom. The molecule has 1 saturated carbocycles. The van der Waals surface area contributed by atoms with E-state index in [1.165, 1.54) is 0 Å². The van der Waals surface area contributed by atoms with Crippen molar-refractivity contribution in [3.63, 3.8) is 0 Å². The van der Waals surface area contributed by atoms with Crippen molar-refractivity contribution in [2.75, 3.05) is 0 Å². The first-order valence-electron chi connectivity index (χ1n) is 4.58. The largest absolute Gasteiger partial charge is 0.446 e. The van der Waals surface area contributed by atoms with Crippen molar-refractivity contribution >= 4 is 11.9 Å². The Morgan fingerprint density at radius 3 is 2.43 bits per heavy atom. The first kappa shape index (κ1) is 10.8. The van der Waals surface area contributed by atoms with Crippen LogP contribution in [-0.2, 0) is 4.74 Å². The van der Waals surface area contributed by atoms with Gasteiger partial charge >= 0.3 is 6.09 Å². The van der Waals surface area contributed by atoms with Crippen LogP contribution in [0.4, 0.5) is 4.79 Å². The van der Waals surface area contributed by atoms with E-state index >= 15 is 0 Å². The van der Waals surface area contributed by atoms with Crippen molar-refractivity contribution in [2.24, 2.45) is 11.7 Å². The first-order valence-corrected chi connectivity index (χ1v) is 4.58. The number of hydrogen-bond acceptors (Lipinski definition) is 4. The molecule has 5 N–H and O–H groups in total. The number of carbonyl (C=O) groups is 1. The Balaban J connectivity index is 2.31. The van der Waals surface area contributed by atoms with Gasteiger partial charge in [-0.2, -0.15) is 0 Å². The highest BCUT2D eigenvalue weighted by molar-refractivity contribution is 5.80. The van der Waals surface area contributed by atoms with E-state index in [0.29, 0.717) is 12.8 Å². The van der Waals surface area contributed by atoms with Gasteiger partial charge in [-0.25, -0.2) is 4.79 Å². The number of amides is 1. The number of ether oxygens (including phenoxy) is 1. The predicted octanol–water partition coefficient (Wildman–Crippen LogP) is 0.597. The van der Waals surface area contributed by atoms with E-state index in [0.717, 1.165) is 12.8 Å². The maximum absolute atomic E-state index is 10.4. The highest BCUT2D eigenvalue weighted by Gasteiger charge is 2.25. The molecule has 0 aromatic rings. The molecule has 0 saturated heterocycles. The maximum Gasteiger partial charge on any atom is 0.404 e. The summed E-state index contributed by atoms with van der Waals surface area (Å²) in [5, 5.41) is 15.9. The van der Waals surface area contributed by atoms with Gasteiger partial charge in [0.25, 0.3) is 0 Å². The fourth-order valence-corrected chi connectivity index (χ4v) is 1.72. The number of nitrogens with two attached hydrogens (primary N) is 1. The molecule has 6 heteroatoms. The summed E-state index contributed by atoms with van der Waals surface area (Å²) in [6.07, 6.45) is 1.96. The lowest BCUT2D eigenvalue weighted by atomic mass is 9.87. The first-order chi connectivity index (χ1) is 6.63. The molecule has 1 aliphatic rings. The number of hydrogen-bond donors (Lipinski definition) is 4. The molecule has 6 nitrogen and oxygen atoms in total. The fourth-order valence-electron chi connectivity index (χ4n) is 1.72. The molecule has 80 valence electrons. The second-order valence-electron chi connectivity index (χ2n) is 3.44. The Bertz CT molecular complexity index is 224. The van der Waals surface area contributed by atoms with Crippen molar-refractivity contribution in [1.82, 2.24) is 5.48 Å². The van der Waals surface area contributed by atoms with Crippen LogP contribution >= 0.6 is 0 Å². The number of amidine groups is 1. The van der Waals surface area contributed by atoms with Crippen LogP contribution in [0.1, 0.15) is 25.7 Å². The van der Waals surface area contributed by atoms with E-state index in [9.17, 15) is 4.79 Å². The van der Waals surface area contributed by atoms with Crippen LogP contribution in [-0.4, -0.2) is 23.2 Å². The molecule has 14 heavy (non-hydrogen) atoms. The van der Waals surface area contributed by atoms with Crippen LogP contribution in [0, 0.1) is 11.3 Å². The van der Waals surface area contributed by atoms with E-state index in [1.807, 2.05) is 5.48 Å². The van der Waals surface area contributed by atoms with Crippen LogP contribution in [0.2, 0.25) is 0 Å². The topological polar surface area (TPSA) is 108 Å². The van der Waals surface area contributed by atoms with Crippen molar-refractivity contribution in [3.8, 4) is 0 Å². The molecule has 0 atom stereocenters. The molecule has 0 heterocycles. The van der Waals surface area contributed by atoms with Gasteiger partial charge in [0, 0.05) is 5.92 Å². The van der Waals surface area contributed by atoms with E-state index < -0.39 is 6.09 Å². The Labute approximate surface area is 81.9 Å². The number of hydroxylamine groups is 1. The van der Waals surface area contributed by atoms with Crippen LogP contribution in [0.3, 0.4) is 0 Å². The molecular weight excluding hydrogens is 186 g/mol. The van der Waals surface area contributed by atoms with Gasteiger partial charge in [-0.05, 0) is 25.7 Å². The molecule has 0 bridgehead atoms. The number of rotatable bonds is 2. The number of primary amides is 1. The highest BCUT2D eigenvalue weighted by Crippen LogP contribution is 2.26. The molecule has 0 aromatic heterocycles. The third kappa shape index (κ3) is 2.88. The van der Waals surface area contributed by atoms with E-state index in [4.69, 9.17) is 21.1 Å². The van der Waals surface area contributed by atoms with Crippen LogP contribution in [0.5, 0.6) is 0 Å². The van der Waals surface area contributed by atoms with Crippen LogP contribution in [0.15, 0.2) is 0 Å². The second kappa shape index (κ2) is 4.80. The van der Waals surface area contributed by atoms with Crippen LogP contribution < -0.4 is 11.2 Å². The average Bonchev–Trinajstić information content (AvgIpc) is 2.17. The lowest BCUT2D eigenvalue weighted by molar-refractivity contribution is 0.0762. The summed E-state index contributed by atoms with van der Waals surface area (Å²) in [6, 6.07) is 0. The van der Waals surface area contributed by atoms with Gasteiger partial charge < -0.3 is 10.5 Å². The number of nitrogens with one attached hydrogen (secondary N) is 2. The lowest BCUT2D eigenvalue weighted by Crippen LogP contribution is -2.33. The summed E-state index contributed by atoms with van der Waals surface area (Å²) in [7, 11) is 0. The predicted molar refractivity (Wildman–Crippen MR) is 49.1 cm³/mol. The van der Waals surface area contributed by atoms with Crippen molar-refractivity contribution in [2.45, 2.75) is 31.8 Å². The summed E-state index contributed by atoms with van der Waals surface area (Å²) in [5.74, 6) is 0.162. The summed E-state index contributed by atoms with van der Waals surface area (Å²) in [5.41, 5.74) is 6.73. The minimum atomic E-state index is -0.746. The third-order valence-corrected chi connectivity index (χ3v) is 2.49. The van der Waals surface area contributed by atoms with Crippen molar-refractivity contribution < 1.29 is 14.7 Å². The summed E-state index contributed by atoms with van der Waals surface area (Å²) >= 11 is 0. The van der Waals surface area contributed by atoms with Crippen molar-refractivity contribution in [3.05, 3.63) is 0 Å². The monoisotopic (exact) mass is 201 g/mol. The zero-order valence-electron chi connectivity index (χ0n) is 7.82. The van der Waals surface area contributed by atoms with E-state index in [-0.39, 0.29) is 17.9 Å². The van der Waals surface area contributed by atoms with Crippen LogP contribution in [0.25, 0.3) is 0 Å². The fraction of sp³-hybridized carbons (Fsp3) is 0.750. The highest BCUT2D eigenvalue weighted by atomic mass is 16.6. The molecule has 1 amide bonds. The zero-order chi connectivity index (χ0) is 10.6. The third-order valence-electron chi connectivity index (χ3n) is 2.49. The molecule has 1 aliphatic carbocycles. The van der Waals surface area contributed by atoms with Gasteiger partial charge in [0.05, 0.1) is 0 Å². The Morgan fingerprint density at radius 1 is 1.43 bits per heavy atom. The quantitative estimate of drug-likeness (QED) is 0.298. The van der Waals surface area contributed by atoms with Gasteiger partial charge in [0.2, 0.25) is 0 Å². The number of carbonyl (C=O) groups excluding carboxylic acids is 1. The Kier molecular flexibility index (Phi) is 3.70. The Hall–Kier alpha value is -1.30. The maximum atomic E-state index is 10.4. The lowest BCUT2D eigenvalue weighted by Gasteiger charge is -2.27. The minimum Gasteiger partial charge on any atom is -0.446 e. The average molecular weight is 201 g/mol. The van der Waals surface area contributed by atoms with Gasteiger partial charge in [-0.3, -0.25) is 16.1 Å². The molecule has 0 radical (unpaired) electrons. The molecule has 1 rings (SSSR count). The second-order valence-corrected chi connectivity index (χ2v) is 3.44. The van der Waals surface area contributed by atoms with Gasteiger partial charge in [-0.1, -0.05) is 0 Å². The van der Waals surface area contributed by atoms with E-state index in [2.05, 4.69) is 0 Å². The van der Waals surface area contributed by atoms with Gasteiger partial charge in [0.1, 0.15) is 11.9 Å².